The molecule has 1 saturated carbocycles. The van der Waals surface area contributed by atoms with Gasteiger partial charge in [-0.05, 0) is 43.4 Å². The molecule has 12 heteroatoms. The Morgan fingerprint density at radius 3 is 2.68 bits per heavy atom. The van der Waals surface area contributed by atoms with Crippen molar-refractivity contribution < 1.29 is 27.5 Å². The van der Waals surface area contributed by atoms with Gasteiger partial charge in [0.15, 0.2) is 0 Å². The van der Waals surface area contributed by atoms with E-state index in [1.165, 1.54) is 7.05 Å². The van der Waals surface area contributed by atoms with Gasteiger partial charge in [0.2, 0.25) is 11.8 Å². The molecule has 0 N–H and O–H groups in total. The van der Waals surface area contributed by atoms with Gasteiger partial charge in [-0.25, -0.2) is 17.9 Å². The maximum Gasteiger partial charge on any atom is 0.282 e. The Balaban J connectivity index is 1.50. The molecular formula is C26H31ClF3N5O3. The number of halogens is 4. The highest BCUT2D eigenvalue weighted by atomic mass is 35.5. The number of alkyl halides is 3. The number of likely N-dealkylation sites (tertiary alicyclic amines) is 1. The maximum atomic E-state index is 14.9. The van der Waals surface area contributed by atoms with Crippen molar-refractivity contribution in [2.75, 3.05) is 19.6 Å². The second-order valence-electron chi connectivity index (χ2n) is 10.2. The molecule has 0 spiro atoms. The molecular weight excluding hydrogens is 523 g/mol. The van der Waals surface area contributed by atoms with Crippen LogP contribution in [-0.2, 0) is 29.7 Å². The van der Waals surface area contributed by atoms with E-state index in [1.54, 1.807) is 21.9 Å². The largest absolute Gasteiger partial charge is 0.487 e. The summed E-state index contributed by atoms with van der Waals surface area (Å²) in [6.45, 7) is 0.867. The first-order valence-electron chi connectivity index (χ1n) is 13.1. The topological polar surface area (TPSA) is 80.6 Å². The van der Waals surface area contributed by atoms with Gasteiger partial charge in [-0.1, -0.05) is 29.7 Å². The lowest BCUT2D eigenvalue weighted by Gasteiger charge is -2.42. The number of carbonyl (C=O) groups is 2. The van der Waals surface area contributed by atoms with E-state index in [2.05, 4.69) is 10.3 Å². The monoisotopic (exact) mass is 553 g/mol. The zero-order valence-electron chi connectivity index (χ0n) is 21.2. The fourth-order valence-corrected chi connectivity index (χ4v) is 6.22. The number of nitrogens with zero attached hydrogens (tertiary/aromatic N) is 5. The van der Waals surface area contributed by atoms with Gasteiger partial charge in [0, 0.05) is 43.7 Å². The molecule has 2 fully saturated rings. The Labute approximate surface area is 224 Å². The van der Waals surface area contributed by atoms with Crippen molar-refractivity contribution in [3.05, 3.63) is 39.7 Å². The minimum absolute atomic E-state index is 0.00342. The van der Waals surface area contributed by atoms with Crippen LogP contribution in [0.25, 0.3) is 0 Å². The molecule has 5 rings (SSSR count). The summed E-state index contributed by atoms with van der Waals surface area (Å²) in [5.74, 6) is -0.626. The molecule has 2 amide bonds. The SMILES string of the molecule is Cn1nnc(COc2ccc(Cl)c3c2[C@@H](CN2CCCC2=O)N(C(=O)[C@@H]2CCCC[C@H]2F)CC3)c1C(F)F. The van der Waals surface area contributed by atoms with Crippen molar-refractivity contribution in [3.8, 4) is 5.75 Å². The smallest absolute Gasteiger partial charge is 0.282 e. The Morgan fingerprint density at radius 2 is 1.97 bits per heavy atom. The summed E-state index contributed by atoms with van der Waals surface area (Å²) in [5.41, 5.74) is 1.07. The molecule has 0 bridgehead atoms. The molecule has 2 aromatic rings. The van der Waals surface area contributed by atoms with Crippen LogP contribution in [0.3, 0.4) is 0 Å². The Morgan fingerprint density at radius 1 is 1.18 bits per heavy atom. The quantitative estimate of drug-likeness (QED) is 0.502. The Bertz CT molecular complexity index is 1210. The van der Waals surface area contributed by atoms with Crippen molar-refractivity contribution in [1.29, 1.82) is 0 Å². The molecule has 3 aliphatic rings. The number of fused-ring (bicyclic) bond motifs is 1. The lowest BCUT2D eigenvalue weighted by Crippen LogP contribution is -2.49. The van der Waals surface area contributed by atoms with Gasteiger partial charge in [-0.2, -0.15) is 0 Å². The average Bonchev–Trinajstić information content (AvgIpc) is 3.48. The van der Waals surface area contributed by atoms with E-state index in [0.29, 0.717) is 55.1 Å². The second-order valence-corrected chi connectivity index (χ2v) is 10.6. The third kappa shape index (κ3) is 5.09. The highest BCUT2D eigenvalue weighted by molar-refractivity contribution is 6.31. The molecule has 0 radical (unpaired) electrons. The predicted octanol–water partition coefficient (Wildman–Crippen LogP) is 4.56. The van der Waals surface area contributed by atoms with Crippen LogP contribution >= 0.6 is 11.6 Å². The fourth-order valence-electron chi connectivity index (χ4n) is 5.97. The van der Waals surface area contributed by atoms with Crippen LogP contribution < -0.4 is 4.74 Å². The number of aromatic nitrogens is 3. The fraction of sp³-hybridized carbons (Fsp3) is 0.615. The zero-order valence-corrected chi connectivity index (χ0v) is 22.0. The average molecular weight is 554 g/mol. The van der Waals surface area contributed by atoms with E-state index in [9.17, 15) is 22.8 Å². The second kappa shape index (κ2) is 11.1. The summed E-state index contributed by atoms with van der Waals surface area (Å²) < 4.78 is 49.0. The standard InChI is InChI=1S/C26H31ClF3N5O3/c1-33-24(25(29)30)19(31-32-33)14-38-21-9-8-17(27)15-10-12-35(26(37)16-5-2-3-6-18(16)28)20(23(15)21)13-34-11-4-7-22(34)36/h8-9,16,18,20,25H,2-7,10-14H2,1H3/t16-,18-,20-/m1/s1. The van der Waals surface area contributed by atoms with E-state index < -0.39 is 24.6 Å². The number of rotatable bonds is 7. The van der Waals surface area contributed by atoms with Crippen LogP contribution in [0.2, 0.25) is 5.02 Å². The van der Waals surface area contributed by atoms with Crippen molar-refractivity contribution in [1.82, 2.24) is 24.8 Å². The molecule has 1 aromatic carbocycles. The number of carbonyl (C=O) groups excluding carboxylic acids is 2. The van der Waals surface area contributed by atoms with Crippen LogP contribution in [0.4, 0.5) is 13.2 Å². The summed E-state index contributed by atoms with van der Waals surface area (Å²) in [6, 6.07) is 2.71. The first kappa shape index (κ1) is 26.8. The van der Waals surface area contributed by atoms with Crippen LogP contribution in [0.1, 0.15) is 73.5 Å². The maximum absolute atomic E-state index is 14.9. The van der Waals surface area contributed by atoms with Gasteiger partial charge < -0.3 is 14.5 Å². The zero-order chi connectivity index (χ0) is 27.0. The molecule has 8 nitrogen and oxygen atoms in total. The van der Waals surface area contributed by atoms with Crippen molar-refractivity contribution in [2.45, 2.75) is 70.2 Å². The molecule has 38 heavy (non-hydrogen) atoms. The molecule has 1 aliphatic carbocycles. The molecule has 206 valence electrons. The highest BCUT2D eigenvalue weighted by Gasteiger charge is 2.42. The van der Waals surface area contributed by atoms with Gasteiger partial charge in [0.1, 0.15) is 29.9 Å². The Kier molecular flexibility index (Phi) is 7.83. The number of benzene rings is 1. The van der Waals surface area contributed by atoms with Crippen LogP contribution in [0.5, 0.6) is 5.75 Å². The predicted molar refractivity (Wildman–Crippen MR) is 133 cm³/mol. The molecule has 0 unspecified atom stereocenters. The minimum Gasteiger partial charge on any atom is -0.487 e. The lowest BCUT2D eigenvalue weighted by molar-refractivity contribution is -0.144. The lowest BCUT2D eigenvalue weighted by atomic mass is 9.84. The van der Waals surface area contributed by atoms with Crippen LogP contribution in [0.15, 0.2) is 12.1 Å². The van der Waals surface area contributed by atoms with E-state index in [-0.39, 0.29) is 36.4 Å². The minimum atomic E-state index is -2.78. The summed E-state index contributed by atoms with van der Waals surface area (Å²) in [4.78, 5) is 29.7. The van der Waals surface area contributed by atoms with Gasteiger partial charge in [0.25, 0.3) is 6.43 Å². The van der Waals surface area contributed by atoms with Crippen LogP contribution in [-0.4, -0.2) is 62.4 Å². The molecule has 1 aromatic heterocycles. The number of ether oxygens (including phenoxy) is 1. The first-order valence-corrected chi connectivity index (χ1v) is 13.5. The summed E-state index contributed by atoms with van der Waals surface area (Å²) in [5, 5.41) is 8.01. The first-order chi connectivity index (χ1) is 18.3. The number of aryl methyl sites for hydroxylation is 1. The normalized spacial score (nSPS) is 23.7. The summed E-state index contributed by atoms with van der Waals surface area (Å²) >= 11 is 6.59. The summed E-state index contributed by atoms with van der Waals surface area (Å²) in [7, 11) is 1.39. The molecule has 2 aliphatic heterocycles. The molecule has 3 atom stereocenters. The summed E-state index contributed by atoms with van der Waals surface area (Å²) in [6.07, 6.45) is 0.0105. The van der Waals surface area contributed by atoms with Gasteiger partial charge in [-0.15, -0.1) is 5.10 Å². The molecule has 1 saturated heterocycles. The van der Waals surface area contributed by atoms with Gasteiger partial charge in [-0.3, -0.25) is 9.59 Å². The van der Waals surface area contributed by atoms with Gasteiger partial charge in [0.05, 0.1) is 12.0 Å². The Hall–Kier alpha value is -2.82. The van der Waals surface area contributed by atoms with E-state index in [1.807, 2.05) is 0 Å². The van der Waals surface area contributed by atoms with Crippen molar-refractivity contribution in [2.24, 2.45) is 13.0 Å². The third-order valence-electron chi connectivity index (χ3n) is 7.93. The van der Waals surface area contributed by atoms with E-state index in [4.69, 9.17) is 16.3 Å². The third-order valence-corrected chi connectivity index (χ3v) is 8.29. The highest BCUT2D eigenvalue weighted by Crippen LogP contribution is 2.43. The number of amides is 2. The number of hydrogen-bond donors (Lipinski definition) is 0. The van der Waals surface area contributed by atoms with E-state index in [0.717, 1.165) is 29.5 Å². The van der Waals surface area contributed by atoms with E-state index >= 15 is 0 Å². The van der Waals surface area contributed by atoms with Gasteiger partial charge >= 0.3 is 0 Å². The number of hydrogen-bond acceptors (Lipinski definition) is 5. The molecule has 3 heterocycles. The van der Waals surface area contributed by atoms with Crippen molar-refractivity contribution >= 4 is 23.4 Å². The van der Waals surface area contributed by atoms with Crippen molar-refractivity contribution in [3.63, 3.8) is 0 Å². The van der Waals surface area contributed by atoms with Crippen LogP contribution in [0, 0.1) is 5.92 Å².